The fourth-order valence-corrected chi connectivity index (χ4v) is 2.26. The summed E-state index contributed by atoms with van der Waals surface area (Å²) in [6.07, 6.45) is -4.13. The van der Waals surface area contributed by atoms with Crippen molar-refractivity contribution in [2.45, 2.75) is 24.5 Å². The topological polar surface area (TPSA) is 103 Å². The first kappa shape index (κ1) is 14.6. The first-order chi connectivity index (χ1) is 9.01. The van der Waals surface area contributed by atoms with Crippen molar-refractivity contribution in [1.82, 2.24) is 7.35 Å². The normalized spacial score (nSPS) is 30.7. The summed E-state index contributed by atoms with van der Waals surface area (Å²) >= 11 is 1.49. The molecule has 19 heavy (non-hydrogen) atoms. The van der Waals surface area contributed by atoms with E-state index in [1.54, 1.807) is 0 Å². The minimum atomic E-state index is -1.47. The first-order valence-corrected chi connectivity index (χ1v) is 6.20. The van der Waals surface area contributed by atoms with Gasteiger partial charge in [0.1, 0.15) is 12.2 Å². The second-order valence-electron chi connectivity index (χ2n) is 3.92. The summed E-state index contributed by atoms with van der Waals surface area (Å²) in [6.45, 7) is -0.559. The molecule has 0 aromatic carbocycles. The number of aliphatic hydroxyl groups excluding tert-OH is 2. The summed E-state index contributed by atoms with van der Waals surface area (Å²) in [4.78, 5) is 26.7. The van der Waals surface area contributed by atoms with Crippen molar-refractivity contribution in [3.63, 3.8) is 0 Å². The highest BCUT2D eigenvalue weighted by Gasteiger charge is 2.46. The van der Waals surface area contributed by atoms with Gasteiger partial charge in [0.25, 0.3) is 5.56 Å². The van der Waals surface area contributed by atoms with E-state index in [0.29, 0.717) is 0 Å². The van der Waals surface area contributed by atoms with E-state index in [-0.39, 0.29) is 0 Å². The smallest absolute Gasteiger partial charge is 0.342 e. The van der Waals surface area contributed by atoms with E-state index in [2.05, 4.69) is 4.94 Å². The third-order valence-electron chi connectivity index (χ3n) is 2.83. The Hall–Kier alpha value is -0.820. The Bertz CT molecular complexity index is 575. The molecule has 1 aromatic heterocycles. The number of halogens is 2. The lowest BCUT2D eigenvalue weighted by Gasteiger charge is -2.18. The first-order valence-electron chi connectivity index (χ1n) is 5.23. The molecule has 2 rings (SSSR count). The standard InChI is InChI=1S/C9H10FIN2O6/c10-19-7-6(16)4(3-14)18-8(7)12-2-1-5(15)13(11)9(12)17/h1-2,4,6-8,14,16H,3H2/t4-,6-,7+,8?/m1/s1. The molecule has 2 N–H and O–H groups in total. The Balaban J connectivity index is 2.44. The molecule has 1 aromatic rings. The molecule has 1 unspecified atom stereocenters. The highest BCUT2D eigenvalue weighted by atomic mass is 127. The average Bonchev–Trinajstić information content (AvgIpc) is 2.72. The summed E-state index contributed by atoms with van der Waals surface area (Å²) < 4.78 is 19.4. The number of aliphatic hydroxyl groups is 2. The molecular formula is C9H10FIN2O6. The van der Waals surface area contributed by atoms with Crippen molar-refractivity contribution in [2.75, 3.05) is 6.61 Å². The second-order valence-corrected chi connectivity index (χ2v) is 4.88. The van der Waals surface area contributed by atoms with Crippen molar-refractivity contribution < 1.29 is 24.4 Å². The zero-order valence-corrected chi connectivity index (χ0v) is 11.5. The van der Waals surface area contributed by atoms with Gasteiger partial charge in [-0.3, -0.25) is 9.36 Å². The molecule has 0 radical (unpaired) electrons. The van der Waals surface area contributed by atoms with Crippen LogP contribution >= 0.6 is 22.9 Å². The molecule has 0 saturated carbocycles. The van der Waals surface area contributed by atoms with Crippen LogP contribution in [0.3, 0.4) is 0 Å². The summed E-state index contributed by atoms with van der Waals surface area (Å²) in [7, 11) is 0. The van der Waals surface area contributed by atoms with Crippen LogP contribution in [0.15, 0.2) is 21.9 Å². The number of hydrogen-bond acceptors (Lipinski definition) is 6. The predicted molar refractivity (Wildman–Crippen MR) is 67.4 cm³/mol. The van der Waals surface area contributed by atoms with Crippen LogP contribution in [0, 0.1) is 0 Å². The van der Waals surface area contributed by atoms with Crippen LogP contribution in [0.5, 0.6) is 0 Å². The van der Waals surface area contributed by atoms with Crippen LogP contribution in [0.2, 0.25) is 0 Å². The number of ether oxygens (including phenoxy) is 1. The maximum atomic E-state index is 12.5. The average molecular weight is 388 g/mol. The van der Waals surface area contributed by atoms with Crippen LogP contribution in [0.25, 0.3) is 0 Å². The molecule has 8 nitrogen and oxygen atoms in total. The third-order valence-corrected chi connectivity index (χ3v) is 3.72. The summed E-state index contributed by atoms with van der Waals surface area (Å²) in [5.41, 5.74) is -1.30. The van der Waals surface area contributed by atoms with E-state index in [9.17, 15) is 19.2 Å². The maximum Gasteiger partial charge on any atom is 0.342 e. The number of rotatable bonds is 3. The number of hydrogen-bond donors (Lipinski definition) is 2. The van der Waals surface area contributed by atoms with Gasteiger partial charge in [-0.1, -0.05) is 0 Å². The quantitative estimate of drug-likeness (QED) is 0.627. The Labute approximate surface area is 119 Å². The Morgan fingerprint density at radius 3 is 2.79 bits per heavy atom. The van der Waals surface area contributed by atoms with Gasteiger partial charge in [0.15, 0.2) is 12.3 Å². The molecule has 0 spiro atoms. The lowest BCUT2D eigenvalue weighted by Crippen LogP contribution is -2.40. The lowest BCUT2D eigenvalue weighted by molar-refractivity contribution is -0.221. The van der Waals surface area contributed by atoms with Crippen molar-refractivity contribution in [3.05, 3.63) is 33.1 Å². The van der Waals surface area contributed by atoms with Crippen molar-refractivity contribution in [3.8, 4) is 0 Å². The van der Waals surface area contributed by atoms with Crippen LogP contribution in [-0.2, 0) is 9.68 Å². The molecule has 4 atom stereocenters. The molecule has 1 fully saturated rings. The monoisotopic (exact) mass is 388 g/mol. The highest BCUT2D eigenvalue weighted by molar-refractivity contribution is 14.1. The molecule has 0 aliphatic carbocycles. The zero-order valence-electron chi connectivity index (χ0n) is 9.35. The maximum absolute atomic E-state index is 12.5. The van der Waals surface area contributed by atoms with Crippen LogP contribution in [-0.4, -0.2) is 42.5 Å². The fraction of sp³-hybridized carbons (Fsp3) is 0.556. The number of aromatic nitrogens is 2. The van der Waals surface area contributed by atoms with E-state index in [4.69, 9.17) is 9.84 Å². The molecule has 0 bridgehead atoms. The van der Waals surface area contributed by atoms with E-state index in [0.717, 1.165) is 19.6 Å². The van der Waals surface area contributed by atoms with E-state index >= 15 is 0 Å². The van der Waals surface area contributed by atoms with Gasteiger partial charge in [-0.25, -0.2) is 4.79 Å². The van der Waals surface area contributed by atoms with Gasteiger partial charge in [-0.05, 0) is 4.53 Å². The molecule has 10 heteroatoms. The van der Waals surface area contributed by atoms with Gasteiger partial charge in [-0.15, -0.1) is 0 Å². The minimum absolute atomic E-state index is 0.545. The van der Waals surface area contributed by atoms with Crippen molar-refractivity contribution in [2.24, 2.45) is 0 Å². The Morgan fingerprint density at radius 2 is 2.21 bits per heavy atom. The summed E-state index contributed by atoms with van der Waals surface area (Å²) in [6, 6.07) is 1.09. The predicted octanol–water partition coefficient (Wildman–Crippen LogP) is -1.27. The van der Waals surface area contributed by atoms with Gasteiger partial charge in [0.2, 0.25) is 0 Å². The van der Waals surface area contributed by atoms with Crippen LogP contribution < -0.4 is 11.2 Å². The fourth-order valence-electron chi connectivity index (χ4n) is 1.85. The van der Waals surface area contributed by atoms with Crippen molar-refractivity contribution in [1.29, 1.82) is 0 Å². The third kappa shape index (κ3) is 2.45. The molecule has 106 valence electrons. The summed E-state index contributed by atoms with van der Waals surface area (Å²) in [5, 5.41) is 18.6. The van der Waals surface area contributed by atoms with Gasteiger partial charge in [-0.2, -0.15) is 7.72 Å². The summed E-state index contributed by atoms with van der Waals surface area (Å²) in [5.74, 6) is 0. The van der Waals surface area contributed by atoms with E-state index < -0.39 is 42.4 Å². The van der Waals surface area contributed by atoms with Crippen LogP contribution in [0.1, 0.15) is 6.23 Å². The molecule has 1 aliphatic heterocycles. The van der Waals surface area contributed by atoms with Crippen molar-refractivity contribution >= 4 is 22.9 Å². The Kier molecular flexibility index (Phi) is 4.35. The molecule has 1 saturated heterocycles. The SMILES string of the molecule is O=c1ccn(C2O[C@H](CO)[C@@H](O)[C@@H]2OF)c(=O)n1I. The highest BCUT2D eigenvalue weighted by Crippen LogP contribution is 2.30. The largest absolute Gasteiger partial charge is 0.394 e. The van der Waals surface area contributed by atoms with Gasteiger partial charge < -0.3 is 14.9 Å². The lowest BCUT2D eigenvalue weighted by atomic mass is 10.1. The minimum Gasteiger partial charge on any atom is -0.394 e. The second kappa shape index (κ2) is 5.66. The van der Waals surface area contributed by atoms with E-state index in [1.165, 1.54) is 22.9 Å². The molecule has 1 aliphatic rings. The molecular weight excluding hydrogens is 378 g/mol. The Morgan fingerprint density at radius 1 is 1.53 bits per heavy atom. The molecule has 0 amide bonds. The van der Waals surface area contributed by atoms with Gasteiger partial charge in [0.05, 0.1) is 29.5 Å². The van der Waals surface area contributed by atoms with Crippen LogP contribution in [0.4, 0.5) is 4.53 Å². The van der Waals surface area contributed by atoms with Gasteiger partial charge in [0, 0.05) is 12.3 Å². The molecule has 2 heterocycles. The van der Waals surface area contributed by atoms with Gasteiger partial charge >= 0.3 is 5.69 Å². The zero-order chi connectivity index (χ0) is 14.2. The number of nitrogens with zero attached hydrogens (tertiary/aromatic N) is 2. The van der Waals surface area contributed by atoms with E-state index in [1.807, 2.05) is 0 Å².